The maximum absolute atomic E-state index is 13.3. The van der Waals surface area contributed by atoms with Crippen molar-refractivity contribution in [2.24, 2.45) is 0 Å². The maximum Gasteiger partial charge on any atom is 0.262 e. The van der Waals surface area contributed by atoms with E-state index in [-0.39, 0.29) is 11.1 Å². The molecule has 3 aromatic rings. The third-order valence-electron chi connectivity index (χ3n) is 8.37. The number of hydrogen-bond acceptors (Lipinski definition) is 7. The van der Waals surface area contributed by atoms with Crippen LogP contribution < -0.4 is 14.8 Å². The van der Waals surface area contributed by atoms with E-state index < -0.39 is 29.4 Å². The Morgan fingerprint density at radius 1 is 0.929 bits per heavy atom. The third-order valence-corrected chi connectivity index (χ3v) is 8.37. The van der Waals surface area contributed by atoms with Gasteiger partial charge in [-0.1, -0.05) is 24.8 Å². The molecule has 2 fully saturated rings. The third kappa shape index (κ3) is 5.29. The summed E-state index contributed by atoms with van der Waals surface area (Å²) in [4.78, 5) is 42.2. The van der Waals surface area contributed by atoms with Gasteiger partial charge in [-0.3, -0.25) is 24.2 Å². The Bertz CT molecular complexity index is 1560. The molecular weight excluding hydrogens is 534 g/mol. The standard InChI is InChI=1S/C33H33N3O6/c1-21-6-13-29(30(37)34-21)36-31(38)27-12-7-23(19-28(27)32(36)39)33(40)14-16-35(17-15-33)20-22-4-3-5-26(18-22)42-25-10-8-24(41-2)9-11-25/h3-5,7-12,18-19,29,40H,1,6,13-17,20H2,2H3,(H,34,37). The fourth-order valence-corrected chi connectivity index (χ4v) is 5.96. The minimum Gasteiger partial charge on any atom is -0.497 e. The summed E-state index contributed by atoms with van der Waals surface area (Å²) in [6.45, 7) is 5.78. The van der Waals surface area contributed by atoms with Gasteiger partial charge in [0.15, 0.2) is 0 Å². The molecule has 0 aliphatic carbocycles. The second-order valence-corrected chi connectivity index (χ2v) is 11.1. The molecule has 2 saturated heterocycles. The largest absolute Gasteiger partial charge is 0.497 e. The lowest BCUT2D eigenvalue weighted by Gasteiger charge is -2.38. The number of fused-ring (bicyclic) bond motifs is 1. The topological polar surface area (TPSA) is 108 Å². The number of piperidine rings is 2. The fraction of sp³-hybridized carbons (Fsp3) is 0.303. The van der Waals surface area contributed by atoms with E-state index in [1.165, 1.54) is 0 Å². The second-order valence-electron chi connectivity index (χ2n) is 11.1. The van der Waals surface area contributed by atoms with Gasteiger partial charge in [-0.15, -0.1) is 0 Å². The van der Waals surface area contributed by atoms with Crippen molar-refractivity contribution in [2.75, 3.05) is 20.2 Å². The summed E-state index contributed by atoms with van der Waals surface area (Å²) in [5.74, 6) is 0.861. The highest BCUT2D eigenvalue weighted by Gasteiger charge is 2.45. The summed E-state index contributed by atoms with van der Waals surface area (Å²) < 4.78 is 11.2. The number of methoxy groups -OCH3 is 1. The van der Waals surface area contributed by atoms with Crippen LogP contribution in [0.15, 0.2) is 79.0 Å². The molecule has 0 bridgehead atoms. The molecule has 2 N–H and O–H groups in total. The van der Waals surface area contributed by atoms with Crippen LogP contribution in [-0.4, -0.2) is 58.9 Å². The Hall–Kier alpha value is -4.47. The van der Waals surface area contributed by atoms with Crippen LogP contribution in [0.5, 0.6) is 17.2 Å². The van der Waals surface area contributed by atoms with Gasteiger partial charge >= 0.3 is 0 Å². The molecule has 6 rings (SSSR count). The number of benzene rings is 3. The molecule has 3 aliphatic heterocycles. The molecular formula is C33H33N3O6. The highest BCUT2D eigenvalue weighted by atomic mass is 16.5. The van der Waals surface area contributed by atoms with E-state index in [0.29, 0.717) is 56.6 Å². The van der Waals surface area contributed by atoms with Crippen LogP contribution in [0.25, 0.3) is 0 Å². The SMILES string of the molecule is C=C1CCC(N2C(=O)c3ccc(C4(O)CCN(Cc5cccc(Oc6ccc(OC)cc6)c5)CC4)cc3C2=O)C(=O)N1. The van der Waals surface area contributed by atoms with E-state index in [0.717, 1.165) is 27.7 Å². The van der Waals surface area contributed by atoms with Crippen molar-refractivity contribution in [2.45, 2.75) is 43.9 Å². The Morgan fingerprint density at radius 3 is 2.36 bits per heavy atom. The number of nitrogens with zero attached hydrogens (tertiary/aromatic N) is 2. The normalized spacial score (nSPS) is 20.3. The smallest absolute Gasteiger partial charge is 0.262 e. The monoisotopic (exact) mass is 567 g/mol. The van der Waals surface area contributed by atoms with Gasteiger partial charge < -0.3 is 19.9 Å². The number of rotatable bonds is 7. The number of carbonyl (C=O) groups is 3. The van der Waals surface area contributed by atoms with Crippen molar-refractivity contribution in [1.82, 2.24) is 15.1 Å². The zero-order valence-electron chi connectivity index (χ0n) is 23.5. The Kier molecular flexibility index (Phi) is 7.30. The summed E-state index contributed by atoms with van der Waals surface area (Å²) in [6.07, 6.45) is 1.81. The molecule has 216 valence electrons. The number of imide groups is 1. The quantitative estimate of drug-likeness (QED) is 0.409. The molecule has 42 heavy (non-hydrogen) atoms. The van der Waals surface area contributed by atoms with E-state index in [1.807, 2.05) is 42.5 Å². The number of nitrogens with one attached hydrogen (secondary N) is 1. The molecule has 0 radical (unpaired) electrons. The van der Waals surface area contributed by atoms with E-state index in [1.54, 1.807) is 25.3 Å². The first-order chi connectivity index (χ1) is 20.2. The molecule has 3 amide bonds. The van der Waals surface area contributed by atoms with Crippen LogP contribution in [0.1, 0.15) is 57.5 Å². The number of amides is 3. The second kappa shape index (κ2) is 11.1. The molecule has 0 saturated carbocycles. The van der Waals surface area contributed by atoms with Crippen LogP contribution in [0.3, 0.4) is 0 Å². The van der Waals surface area contributed by atoms with E-state index in [9.17, 15) is 19.5 Å². The number of hydrogen-bond donors (Lipinski definition) is 2. The molecule has 1 unspecified atom stereocenters. The van der Waals surface area contributed by atoms with Crippen LogP contribution in [0, 0.1) is 0 Å². The predicted molar refractivity (Wildman–Crippen MR) is 155 cm³/mol. The first kappa shape index (κ1) is 27.7. The van der Waals surface area contributed by atoms with Crippen molar-refractivity contribution in [1.29, 1.82) is 0 Å². The van der Waals surface area contributed by atoms with Crippen LogP contribution in [0.4, 0.5) is 0 Å². The predicted octanol–water partition coefficient (Wildman–Crippen LogP) is 4.36. The summed E-state index contributed by atoms with van der Waals surface area (Å²) >= 11 is 0. The number of aliphatic hydroxyl groups is 1. The van der Waals surface area contributed by atoms with E-state index >= 15 is 0 Å². The van der Waals surface area contributed by atoms with Gasteiger partial charge in [-0.05, 0) is 85.3 Å². The average Bonchev–Trinajstić information content (AvgIpc) is 3.24. The van der Waals surface area contributed by atoms with Gasteiger partial charge in [0.05, 0.1) is 23.8 Å². The Morgan fingerprint density at radius 2 is 1.64 bits per heavy atom. The lowest BCUT2D eigenvalue weighted by Crippen LogP contribution is -2.51. The van der Waals surface area contributed by atoms with Gasteiger partial charge in [0, 0.05) is 25.3 Å². The Balaban J connectivity index is 1.10. The first-order valence-electron chi connectivity index (χ1n) is 14.1. The zero-order chi connectivity index (χ0) is 29.4. The molecule has 9 heteroatoms. The summed E-state index contributed by atoms with van der Waals surface area (Å²) in [7, 11) is 1.63. The number of carbonyl (C=O) groups excluding carboxylic acids is 3. The number of ether oxygens (including phenoxy) is 2. The van der Waals surface area contributed by atoms with Gasteiger partial charge in [0.1, 0.15) is 23.3 Å². The highest BCUT2D eigenvalue weighted by Crippen LogP contribution is 2.37. The average molecular weight is 568 g/mol. The lowest BCUT2D eigenvalue weighted by atomic mass is 9.83. The number of likely N-dealkylation sites (tertiary alicyclic amines) is 1. The van der Waals surface area contributed by atoms with Crippen molar-refractivity contribution in [3.8, 4) is 17.2 Å². The molecule has 1 atom stereocenters. The molecule has 9 nitrogen and oxygen atoms in total. The maximum atomic E-state index is 13.3. The summed E-state index contributed by atoms with van der Waals surface area (Å²) in [6, 6.07) is 19.5. The molecule has 0 aromatic heterocycles. The fourth-order valence-electron chi connectivity index (χ4n) is 5.96. The highest BCUT2D eigenvalue weighted by molar-refractivity contribution is 6.23. The molecule has 3 aromatic carbocycles. The van der Waals surface area contributed by atoms with Crippen molar-refractivity contribution in [3.05, 3.63) is 101 Å². The van der Waals surface area contributed by atoms with Gasteiger partial charge in [0.2, 0.25) is 5.91 Å². The first-order valence-corrected chi connectivity index (χ1v) is 14.1. The van der Waals surface area contributed by atoms with Gasteiger partial charge in [-0.2, -0.15) is 0 Å². The van der Waals surface area contributed by atoms with Crippen molar-refractivity contribution < 1.29 is 29.0 Å². The molecule has 0 spiro atoms. The molecule has 3 heterocycles. The molecule has 3 aliphatic rings. The van der Waals surface area contributed by atoms with Crippen LogP contribution in [-0.2, 0) is 16.9 Å². The van der Waals surface area contributed by atoms with Crippen LogP contribution in [0.2, 0.25) is 0 Å². The minimum absolute atomic E-state index is 0.235. The minimum atomic E-state index is -1.12. The summed E-state index contributed by atoms with van der Waals surface area (Å²) in [5.41, 5.74) is 1.67. The summed E-state index contributed by atoms with van der Waals surface area (Å²) in [5, 5.41) is 14.2. The van der Waals surface area contributed by atoms with Crippen molar-refractivity contribution >= 4 is 17.7 Å². The zero-order valence-corrected chi connectivity index (χ0v) is 23.5. The van der Waals surface area contributed by atoms with Crippen LogP contribution >= 0.6 is 0 Å². The lowest BCUT2D eigenvalue weighted by molar-refractivity contribution is -0.125. The van der Waals surface area contributed by atoms with Crippen molar-refractivity contribution in [3.63, 3.8) is 0 Å². The Labute approximate surface area is 244 Å². The number of allylic oxidation sites excluding steroid dienone is 1. The van der Waals surface area contributed by atoms with E-state index in [2.05, 4.69) is 22.9 Å². The van der Waals surface area contributed by atoms with Gasteiger partial charge in [-0.25, -0.2) is 0 Å². The van der Waals surface area contributed by atoms with Gasteiger partial charge in [0.25, 0.3) is 11.8 Å². The van der Waals surface area contributed by atoms with E-state index in [4.69, 9.17) is 9.47 Å².